The highest BCUT2D eigenvalue weighted by molar-refractivity contribution is 5.91. The molecule has 2 aromatic rings. The topological polar surface area (TPSA) is 106 Å². The summed E-state index contributed by atoms with van der Waals surface area (Å²) in [6.45, 7) is 5.81. The second-order valence-corrected chi connectivity index (χ2v) is 8.19. The zero-order valence-electron chi connectivity index (χ0n) is 19.0. The molecule has 172 valence electrons. The number of hydrogen-bond acceptors (Lipinski definition) is 5. The molecule has 0 aliphatic carbocycles. The lowest BCUT2D eigenvalue weighted by molar-refractivity contribution is -0.120. The van der Waals surface area contributed by atoms with Gasteiger partial charge in [-0.2, -0.15) is 0 Å². The molecule has 0 saturated heterocycles. The van der Waals surface area contributed by atoms with Crippen molar-refractivity contribution in [1.82, 2.24) is 10.6 Å². The Morgan fingerprint density at radius 2 is 1.69 bits per heavy atom. The monoisotopic (exact) mass is 441 g/mol. The van der Waals surface area contributed by atoms with Gasteiger partial charge < -0.3 is 25.4 Å². The van der Waals surface area contributed by atoms with Crippen LogP contribution in [0.1, 0.15) is 38.3 Å². The number of hydrogen-bond donors (Lipinski definition) is 3. The van der Waals surface area contributed by atoms with Gasteiger partial charge in [-0.1, -0.05) is 30.3 Å². The molecule has 0 saturated carbocycles. The number of para-hydroxylation sites is 1. The zero-order valence-corrected chi connectivity index (χ0v) is 19.0. The Balaban J connectivity index is 1.78. The molecule has 32 heavy (non-hydrogen) atoms. The molecule has 3 N–H and O–H groups in total. The lowest BCUT2D eigenvalue weighted by Gasteiger charge is -2.19. The van der Waals surface area contributed by atoms with Crippen molar-refractivity contribution in [1.29, 1.82) is 0 Å². The zero-order chi connectivity index (χ0) is 23.6. The number of carbonyl (C=O) groups excluding carboxylic acids is 3. The number of amides is 3. The van der Waals surface area contributed by atoms with Gasteiger partial charge in [0, 0.05) is 30.8 Å². The van der Waals surface area contributed by atoms with Gasteiger partial charge >= 0.3 is 6.09 Å². The molecule has 2 aromatic carbocycles. The largest absolute Gasteiger partial charge is 0.496 e. The highest BCUT2D eigenvalue weighted by atomic mass is 16.6. The van der Waals surface area contributed by atoms with Gasteiger partial charge in [0.05, 0.1) is 13.5 Å². The van der Waals surface area contributed by atoms with Crippen LogP contribution >= 0.6 is 0 Å². The molecule has 0 unspecified atom stereocenters. The average molecular weight is 442 g/mol. The maximum absolute atomic E-state index is 12.3. The van der Waals surface area contributed by atoms with E-state index in [2.05, 4.69) is 16.0 Å². The molecule has 0 spiro atoms. The van der Waals surface area contributed by atoms with Gasteiger partial charge in [0.15, 0.2) is 0 Å². The fraction of sp³-hybridized carbons (Fsp3) is 0.375. The molecule has 2 rings (SSSR count). The van der Waals surface area contributed by atoms with Crippen molar-refractivity contribution in [3.05, 3.63) is 59.7 Å². The van der Waals surface area contributed by atoms with Gasteiger partial charge in [0.2, 0.25) is 11.8 Å². The van der Waals surface area contributed by atoms with Gasteiger partial charge in [-0.3, -0.25) is 9.59 Å². The van der Waals surface area contributed by atoms with E-state index in [1.807, 2.05) is 30.3 Å². The number of benzene rings is 2. The summed E-state index contributed by atoms with van der Waals surface area (Å²) in [5.41, 5.74) is 1.69. The number of anilines is 1. The fourth-order valence-electron chi connectivity index (χ4n) is 2.86. The molecule has 8 heteroatoms. The number of ether oxygens (including phenoxy) is 2. The summed E-state index contributed by atoms with van der Waals surface area (Å²) in [5, 5.41) is 8.21. The Morgan fingerprint density at radius 3 is 2.41 bits per heavy atom. The van der Waals surface area contributed by atoms with Crippen molar-refractivity contribution in [3.63, 3.8) is 0 Å². The number of alkyl carbamates (subject to hydrolysis) is 1. The third kappa shape index (κ3) is 9.07. The molecular formula is C24H31N3O5. The van der Waals surface area contributed by atoms with Crippen LogP contribution in [0.2, 0.25) is 0 Å². The van der Waals surface area contributed by atoms with Gasteiger partial charge in [-0.25, -0.2) is 4.79 Å². The SMILES string of the molecule is COc1ccccc1CC(=O)NCc1cccc(NC(=O)CCNC(=O)OC(C)(C)C)c1. The Labute approximate surface area is 188 Å². The second-order valence-electron chi connectivity index (χ2n) is 8.19. The average Bonchev–Trinajstić information content (AvgIpc) is 2.71. The summed E-state index contributed by atoms with van der Waals surface area (Å²) in [6, 6.07) is 14.6. The maximum Gasteiger partial charge on any atom is 0.407 e. The summed E-state index contributed by atoms with van der Waals surface area (Å²) < 4.78 is 10.4. The van der Waals surface area contributed by atoms with Crippen LogP contribution in [0.5, 0.6) is 5.75 Å². The Morgan fingerprint density at radius 1 is 0.938 bits per heavy atom. The van der Waals surface area contributed by atoms with Crippen LogP contribution in [-0.2, 0) is 27.3 Å². The molecule has 0 radical (unpaired) electrons. The van der Waals surface area contributed by atoms with E-state index >= 15 is 0 Å². The van der Waals surface area contributed by atoms with E-state index in [1.54, 1.807) is 46.1 Å². The minimum absolute atomic E-state index is 0.110. The molecular weight excluding hydrogens is 410 g/mol. The number of nitrogens with one attached hydrogen (secondary N) is 3. The van der Waals surface area contributed by atoms with Gasteiger partial charge in [-0.15, -0.1) is 0 Å². The minimum Gasteiger partial charge on any atom is -0.496 e. The first-order chi connectivity index (χ1) is 15.2. The highest BCUT2D eigenvalue weighted by Gasteiger charge is 2.16. The van der Waals surface area contributed by atoms with E-state index in [-0.39, 0.29) is 31.2 Å². The van der Waals surface area contributed by atoms with Gasteiger partial charge in [0.25, 0.3) is 0 Å². The van der Waals surface area contributed by atoms with Crippen LogP contribution in [-0.4, -0.2) is 37.2 Å². The van der Waals surface area contributed by atoms with Crippen LogP contribution in [0.3, 0.4) is 0 Å². The molecule has 8 nitrogen and oxygen atoms in total. The van der Waals surface area contributed by atoms with E-state index in [1.165, 1.54) is 0 Å². The summed E-state index contributed by atoms with van der Waals surface area (Å²) in [4.78, 5) is 36.0. The molecule has 0 aliphatic heterocycles. The number of rotatable bonds is 9. The molecule has 0 aliphatic rings. The van der Waals surface area contributed by atoms with E-state index in [0.29, 0.717) is 18.0 Å². The van der Waals surface area contributed by atoms with Crippen LogP contribution < -0.4 is 20.7 Å². The van der Waals surface area contributed by atoms with Crippen molar-refractivity contribution >= 4 is 23.6 Å². The summed E-state index contributed by atoms with van der Waals surface area (Å²) in [5.74, 6) is 0.309. The van der Waals surface area contributed by atoms with Crippen molar-refractivity contribution in [3.8, 4) is 5.75 Å². The molecule has 0 atom stereocenters. The van der Waals surface area contributed by atoms with Crippen molar-refractivity contribution in [2.24, 2.45) is 0 Å². The standard InChI is InChI=1S/C24H31N3O5/c1-24(2,3)32-23(30)25-13-12-21(28)27-19-10-7-8-17(14-19)16-26-22(29)15-18-9-5-6-11-20(18)31-4/h5-11,14H,12-13,15-16H2,1-4H3,(H,25,30)(H,26,29)(H,27,28). The smallest absolute Gasteiger partial charge is 0.407 e. The molecule has 0 bridgehead atoms. The van der Waals surface area contributed by atoms with Gasteiger partial charge in [0.1, 0.15) is 11.4 Å². The lowest BCUT2D eigenvalue weighted by Crippen LogP contribution is -2.34. The normalized spacial score (nSPS) is 10.8. The van der Waals surface area contributed by atoms with Crippen LogP contribution in [0, 0.1) is 0 Å². The van der Waals surface area contributed by atoms with Crippen molar-refractivity contribution < 1.29 is 23.9 Å². The maximum atomic E-state index is 12.3. The fourth-order valence-corrected chi connectivity index (χ4v) is 2.86. The number of carbonyl (C=O) groups is 3. The molecule has 3 amide bonds. The third-order valence-corrected chi connectivity index (χ3v) is 4.26. The summed E-state index contributed by atoms with van der Waals surface area (Å²) in [6.07, 6.45) is -0.235. The quantitative estimate of drug-likeness (QED) is 0.553. The van der Waals surface area contributed by atoms with E-state index in [9.17, 15) is 14.4 Å². The molecule has 0 heterocycles. The van der Waals surface area contributed by atoms with E-state index in [4.69, 9.17) is 9.47 Å². The minimum atomic E-state index is -0.588. The van der Waals surface area contributed by atoms with Crippen molar-refractivity contribution in [2.45, 2.75) is 45.8 Å². The first-order valence-electron chi connectivity index (χ1n) is 10.4. The highest BCUT2D eigenvalue weighted by Crippen LogP contribution is 2.18. The first-order valence-corrected chi connectivity index (χ1v) is 10.4. The summed E-state index contributed by atoms with van der Waals surface area (Å²) >= 11 is 0. The van der Waals surface area contributed by atoms with E-state index in [0.717, 1.165) is 11.1 Å². The van der Waals surface area contributed by atoms with Gasteiger partial charge in [-0.05, 0) is 44.5 Å². The van der Waals surface area contributed by atoms with Crippen LogP contribution in [0.15, 0.2) is 48.5 Å². The Bertz CT molecular complexity index is 937. The van der Waals surface area contributed by atoms with E-state index < -0.39 is 11.7 Å². The van der Waals surface area contributed by atoms with Crippen LogP contribution in [0.25, 0.3) is 0 Å². The Hall–Kier alpha value is -3.55. The summed E-state index contributed by atoms with van der Waals surface area (Å²) in [7, 11) is 1.57. The first kappa shape index (κ1) is 24.7. The Kier molecular flexibility index (Phi) is 9.07. The predicted octanol–water partition coefficient (Wildman–Crippen LogP) is 3.41. The molecule has 0 aromatic heterocycles. The van der Waals surface area contributed by atoms with Crippen molar-refractivity contribution in [2.75, 3.05) is 19.0 Å². The number of methoxy groups -OCH3 is 1. The second kappa shape index (κ2) is 11.7. The van der Waals surface area contributed by atoms with Crippen LogP contribution in [0.4, 0.5) is 10.5 Å². The lowest BCUT2D eigenvalue weighted by atomic mass is 10.1. The predicted molar refractivity (Wildman–Crippen MR) is 122 cm³/mol. The third-order valence-electron chi connectivity index (χ3n) is 4.26. The molecule has 0 fully saturated rings.